The van der Waals surface area contributed by atoms with Crippen LogP contribution in [0.25, 0.3) is 21.9 Å². The third kappa shape index (κ3) is 4.33. The molecular formula is C25H26ClN3O3. The first-order chi connectivity index (χ1) is 15.6. The maximum Gasteiger partial charge on any atom is 0.336 e. The first-order valence-electron chi connectivity index (χ1n) is 11.1. The molecule has 2 aromatic carbocycles. The molecule has 1 saturated heterocycles. The predicted molar refractivity (Wildman–Crippen MR) is 129 cm³/mol. The highest BCUT2D eigenvalue weighted by Crippen LogP contribution is 2.32. The lowest BCUT2D eigenvalue weighted by molar-refractivity contribution is 0.252. The van der Waals surface area contributed by atoms with Crippen LogP contribution in [0.2, 0.25) is 5.02 Å². The number of anilines is 1. The minimum Gasteiger partial charge on any atom is -0.506 e. The number of aryl methyl sites for hydroxylation is 1. The van der Waals surface area contributed by atoms with Gasteiger partial charge in [-0.05, 0) is 55.6 Å². The van der Waals surface area contributed by atoms with Crippen LogP contribution in [0, 0.1) is 0 Å². The lowest BCUT2D eigenvalue weighted by Gasteiger charge is -2.36. The van der Waals surface area contributed by atoms with E-state index < -0.39 is 5.63 Å². The summed E-state index contributed by atoms with van der Waals surface area (Å²) in [7, 11) is 0. The zero-order valence-corrected chi connectivity index (χ0v) is 18.6. The van der Waals surface area contributed by atoms with Gasteiger partial charge in [-0.15, -0.1) is 0 Å². The van der Waals surface area contributed by atoms with Gasteiger partial charge in [0, 0.05) is 65.8 Å². The van der Waals surface area contributed by atoms with Gasteiger partial charge in [0.1, 0.15) is 11.3 Å². The number of aromatic amines is 1. The Kier molecular flexibility index (Phi) is 5.81. The highest BCUT2D eigenvalue weighted by molar-refractivity contribution is 6.31. The second kappa shape index (κ2) is 8.88. The summed E-state index contributed by atoms with van der Waals surface area (Å²) in [6.45, 7) is 4.73. The van der Waals surface area contributed by atoms with Crippen molar-refractivity contribution in [1.29, 1.82) is 0 Å². The van der Waals surface area contributed by atoms with Gasteiger partial charge in [-0.2, -0.15) is 0 Å². The fraction of sp³-hybridized carbons (Fsp3) is 0.320. The molecule has 0 aliphatic carbocycles. The third-order valence-electron chi connectivity index (χ3n) is 6.33. The summed E-state index contributed by atoms with van der Waals surface area (Å²) in [4.78, 5) is 19.4. The number of phenolic OH excluding ortho intramolecular Hbond substituents is 1. The molecule has 3 heterocycles. The Hall–Kier alpha value is -2.96. The van der Waals surface area contributed by atoms with E-state index in [0.717, 1.165) is 73.6 Å². The topological polar surface area (TPSA) is 72.7 Å². The Morgan fingerprint density at radius 1 is 1.03 bits per heavy atom. The minimum absolute atomic E-state index is 0.153. The Labute approximate surface area is 191 Å². The molecule has 1 aliphatic rings. The second-order valence-electron chi connectivity index (χ2n) is 8.42. The number of H-pyrrole nitrogens is 1. The van der Waals surface area contributed by atoms with Gasteiger partial charge in [-0.1, -0.05) is 17.7 Å². The molecule has 0 saturated carbocycles. The van der Waals surface area contributed by atoms with Gasteiger partial charge in [0.25, 0.3) is 0 Å². The summed E-state index contributed by atoms with van der Waals surface area (Å²) in [6, 6.07) is 12.6. The van der Waals surface area contributed by atoms with Gasteiger partial charge in [-0.3, -0.25) is 4.90 Å². The zero-order chi connectivity index (χ0) is 22.1. The van der Waals surface area contributed by atoms with Crippen LogP contribution in [0.4, 0.5) is 5.69 Å². The average Bonchev–Trinajstić information content (AvgIpc) is 3.18. The second-order valence-corrected chi connectivity index (χ2v) is 8.86. The number of halogens is 1. The first-order valence-corrected chi connectivity index (χ1v) is 11.4. The number of nitrogens with zero attached hydrogens (tertiary/aromatic N) is 2. The normalized spacial score (nSPS) is 15.1. The number of fused-ring (bicyclic) bond motifs is 2. The van der Waals surface area contributed by atoms with Crippen LogP contribution in [0.3, 0.4) is 0 Å². The molecular weight excluding hydrogens is 426 g/mol. The molecule has 0 atom stereocenters. The van der Waals surface area contributed by atoms with Crippen LogP contribution in [0.5, 0.6) is 5.75 Å². The first kappa shape index (κ1) is 20.9. The highest BCUT2D eigenvalue weighted by atomic mass is 35.5. The van der Waals surface area contributed by atoms with Gasteiger partial charge in [0.2, 0.25) is 0 Å². The van der Waals surface area contributed by atoms with Crippen molar-refractivity contribution in [3.05, 3.63) is 69.7 Å². The Morgan fingerprint density at radius 2 is 1.88 bits per heavy atom. The minimum atomic E-state index is -0.410. The van der Waals surface area contributed by atoms with Crippen LogP contribution < -0.4 is 10.5 Å². The number of aromatic hydroxyl groups is 1. The van der Waals surface area contributed by atoms with Crippen molar-refractivity contribution in [2.24, 2.45) is 0 Å². The number of unbranched alkanes of at least 4 members (excludes halogenated alkanes) is 1. The molecule has 7 heteroatoms. The number of nitrogens with one attached hydrogen (secondary N) is 1. The number of benzene rings is 2. The fourth-order valence-corrected chi connectivity index (χ4v) is 4.75. The van der Waals surface area contributed by atoms with Crippen LogP contribution in [-0.4, -0.2) is 47.7 Å². The Balaban J connectivity index is 1.13. The van der Waals surface area contributed by atoms with E-state index >= 15 is 0 Å². The molecule has 32 heavy (non-hydrogen) atoms. The molecule has 0 unspecified atom stereocenters. The summed E-state index contributed by atoms with van der Waals surface area (Å²) in [6.07, 6.45) is 5.45. The van der Waals surface area contributed by atoms with Gasteiger partial charge in [-0.25, -0.2) is 4.79 Å². The van der Waals surface area contributed by atoms with Crippen molar-refractivity contribution >= 4 is 39.2 Å². The van der Waals surface area contributed by atoms with E-state index in [1.165, 1.54) is 23.1 Å². The lowest BCUT2D eigenvalue weighted by atomic mass is 10.1. The molecule has 2 aromatic heterocycles. The van der Waals surface area contributed by atoms with Crippen molar-refractivity contribution in [2.75, 3.05) is 37.6 Å². The molecule has 1 aliphatic heterocycles. The number of hydrogen-bond acceptors (Lipinski definition) is 5. The Morgan fingerprint density at radius 3 is 2.72 bits per heavy atom. The van der Waals surface area contributed by atoms with E-state index in [2.05, 4.69) is 27.0 Å². The molecule has 6 nitrogen and oxygen atoms in total. The maximum atomic E-state index is 11.4. The molecule has 0 radical (unpaired) electrons. The SMILES string of the molecule is O=c1ccc2cc(N3CCN(CCCCc4c[nH]c5cc(Cl)ccc45)CC3)c(O)cc2o1. The largest absolute Gasteiger partial charge is 0.506 e. The number of aromatic nitrogens is 1. The predicted octanol–water partition coefficient (Wildman–Crippen LogP) is 4.78. The van der Waals surface area contributed by atoms with Gasteiger partial charge in [0.15, 0.2) is 0 Å². The summed E-state index contributed by atoms with van der Waals surface area (Å²) < 4.78 is 5.16. The molecule has 0 amide bonds. The summed E-state index contributed by atoms with van der Waals surface area (Å²) in [5, 5.41) is 13.3. The van der Waals surface area contributed by atoms with Crippen molar-refractivity contribution < 1.29 is 9.52 Å². The quantitative estimate of drug-likeness (QED) is 0.326. The molecule has 0 spiro atoms. The van der Waals surface area contributed by atoms with E-state index in [-0.39, 0.29) is 5.75 Å². The van der Waals surface area contributed by atoms with Crippen LogP contribution in [-0.2, 0) is 6.42 Å². The molecule has 1 fully saturated rings. The van der Waals surface area contributed by atoms with Crippen molar-refractivity contribution in [3.8, 4) is 5.75 Å². The fourth-order valence-electron chi connectivity index (χ4n) is 4.57. The lowest BCUT2D eigenvalue weighted by Crippen LogP contribution is -2.46. The highest BCUT2D eigenvalue weighted by Gasteiger charge is 2.20. The van der Waals surface area contributed by atoms with Crippen molar-refractivity contribution in [2.45, 2.75) is 19.3 Å². The van der Waals surface area contributed by atoms with E-state index in [9.17, 15) is 9.90 Å². The van der Waals surface area contributed by atoms with Crippen LogP contribution in [0.1, 0.15) is 18.4 Å². The van der Waals surface area contributed by atoms with Crippen molar-refractivity contribution in [1.82, 2.24) is 9.88 Å². The Bertz CT molecular complexity index is 1310. The van der Waals surface area contributed by atoms with Gasteiger partial charge >= 0.3 is 5.63 Å². The molecule has 5 rings (SSSR count). The van der Waals surface area contributed by atoms with E-state index in [1.807, 2.05) is 18.2 Å². The number of hydrogen-bond donors (Lipinski definition) is 2. The van der Waals surface area contributed by atoms with E-state index in [4.69, 9.17) is 16.0 Å². The summed E-state index contributed by atoms with van der Waals surface area (Å²) in [5.41, 5.74) is 3.25. The van der Waals surface area contributed by atoms with Crippen LogP contribution >= 0.6 is 11.6 Å². The molecule has 4 aromatic rings. The van der Waals surface area contributed by atoms with Gasteiger partial charge < -0.3 is 19.4 Å². The molecule has 0 bridgehead atoms. The standard InChI is InChI=1S/C25H26ClN3O3/c26-19-5-6-20-18(16-27-21(20)14-19)3-1-2-8-28-9-11-29(12-10-28)22-13-17-4-7-25(31)32-24(17)15-23(22)30/h4-7,13-16,27,30H,1-3,8-12H2. The summed E-state index contributed by atoms with van der Waals surface area (Å²) in [5.74, 6) is 0.153. The molecule has 166 valence electrons. The number of rotatable bonds is 6. The number of phenols is 1. The van der Waals surface area contributed by atoms with Crippen LogP contribution in [0.15, 0.2) is 57.9 Å². The van der Waals surface area contributed by atoms with E-state index in [1.54, 1.807) is 6.07 Å². The monoisotopic (exact) mass is 451 g/mol. The smallest absolute Gasteiger partial charge is 0.336 e. The third-order valence-corrected chi connectivity index (χ3v) is 6.56. The number of piperazine rings is 1. The van der Waals surface area contributed by atoms with Crippen molar-refractivity contribution in [3.63, 3.8) is 0 Å². The zero-order valence-electron chi connectivity index (χ0n) is 17.8. The molecule has 2 N–H and O–H groups in total. The van der Waals surface area contributed by atoms with E-state index in [0.29, 0.717) is 5.58 Å². The average molecular weight is 452 g/mol. The summed E-state index contributed by atoms with van der Waals surface area (Å²) >= 11 is 6.07. The maximum absolute atomic E-state index is 11.4. The van der Waals surface area contributed by atoms with Gasteiger partial charge in [0.05, 0.1) is 5.69 Å².